The third-order valence-corrected chi connectivity index (χ3v) is 3.43. The molecule has 1 heterocycles. The maximum atomic E-state index is 13.3. The van der Waals surface area contributed by atoms with Crippen LogP contribution in [0.1, 0.15) is 24.8 Å². The van der Waals surface area contributed by atoms with Gasteiger partial charge in [0, 0.05) is 5.69 Å². The molecule has 1 aliphatic heterocycles. The highest BCUT2D eigenvalue weighted by atomic mass is 19.1. The van der Waals surface area contributed by atoms with Crippen molar-refractivity contribution in [2.75, 3.05) is 25.0 Å². The van der Waals surface area contributed by atoms with Gasteiger partial charge in [-0.1, -0.05) is 6.07 Å². The summed E-state index contributed by atoms with van der Waals surface area (Å²) in [5.41, 5.74) is 1.13. The Kier molecular flexibility index (Phi) is 4.31. The van der Waals surface area contributed by atoms with E-state index in [-0.39, 0.29) is 11.7 Å². The molecule has 0 bridgehead atoms. The average Bonchev–Trinajstić information content (AvgIpc) is 2.35. The van der Waals surface area contributed by atoms with Crippen LogP contribution in [-0.4, -0.2) is 25.5 Å². The summed E-state index contributed by atoms with van der Waals surface area (Å²) in [5.74, 6) is -0.312. The molecule has 0 aliphatic carbocycles. The van der Waals surface area contributed by atoms with Gasteiger partial charge in [0.05, 0.1) is 13.1 Å². The number of hydrogen-bond donors (Lipinski definition) is 2. The van der Waals surface area contributed by atoms with Crippen molar-refractivity contribution in [1.29, 1.82) is 0 Å². The lowest BCUT2D eigenvalue weighted by atomic mass is 10.1. The molecule has 0 atom stereocenters. The van der Waals surface area contributed by atoms with Crippen LogP contribution >= 0.6 is 0 Å². The minimum Gasteiger partial charge on any atom is -0.327 e. The molecule has 0 radical (unpaired) electrons. The van der Waals surface area contributed by atoms with Gasteiger partial charge in [-0.2, -0.15) is 0 Å². The predicted molar refractivity (Wildman–Crippen MR) is 69.2 cm³/mol. The van der Waals surface area contributed by atoms with Crippen molar-refractivity contribution in [1.82, 2.24) is 0 Å². The van der Waals surface area contributed by atoms with Gasteiger partial charge in [-0.15, -0.1) is 0 Å². The van der Waals surface area contributed by atoms with E-state index in [4.69, 9.17) is 0 Å². The molecule has 1 aliphatic rings. The minimum atomic E-state index is -0.280. The van der Waals surface area contributed by atoms with Crippen molar-refractivity contribution in [3.05, 3.63) is 29.6 Å². The van der Waals surface area contributed by atoms with Gasteiger partial charge in [0.15, 0.2) is 6.54 Å². The first-order valence-corrected chi connectivity index (χ1v) is 6.55. The molecule has 3 nitrogen and oxygen atoms in total. The van der Waals surface area contributed by atoms with Gasteiger partial charge in [0.2, 0.25) is 0 Å². The van der Waals surface area contributed by atoms with E-state index in [1.807, 2.05) is 0 Å². The first kappa shape index (κ1) is 13.0. The van der Waals surface area contributed by atoms with Crippen LogP contribution in [0.4, 0.5) is 10.1 Å². The maximum Gasteiger partial charge on any atom is 0.279 e. The van der Waals surface area contributed by atoms with Crippen LogP contribution in [0.5, 0.6) is 0 Å². The maximum absolute atomic E-state index is 13.3. The highest BCUT2D eigenvalue weighted by molar-refractivity contribution is 5.91. The summed E-state index contributed by atoms with van der Waals surface area (Å²) >= 11 is 0. The number of halogens is 1. The second-order valence-electron chi connectivity index (χ2n) is 5.00. The van der Waals surface area contributed by atoms with Gasteiger partial charge in [-0.25, -0.2) is 4.39 Å². The van der Waals surface area contributed by atoms with Gasteiger partial charge in [-0.3, -0.25) is 4.79 Å². The smallest absolute Gasteiger partial charge is 0.279 e. The van der Waals surface area contributed by atoms with Crippen LogP contribution < -0.4 is 10.2 Å². The van der Waals surface area contributed by atoms with Gasteiger partial charge >= 0.3 is 0 Å². The van der Waals surface area contributed by atoms with Crippen LogP contribution in [0.25, 0.3) is 0 Å². The van der Waals surface area contributed by atoms with Crippen LogP contribution in [0.15, 0.2) is 18.2 Å². The molecular weight excluding hydrogens is 231 g/mol. The van der Waals surface area contributed by atoms with Gasteiger partial charge in [0.1, 0.15) is 5.82 Å². The summed E-state index contributed by atoms with van der Waals surface area (Å²) in [6, 6.07) is 4.79. The van der Waals surface area contributed by atoms with E-state index in [1.54, 1.807) is 19.1 Å². The molecule has 2 N–H and O–H groups in total. The standard InChI is InChI=1S/C14H19FN2O/c1-11-5-6-12(9-13(11)15)16-14(18)10-17-7-3-2-4-8-17/h5-6,9H,2-4,7-8,10H2,1H3,(H,16,18)/p+1. The van der Waals surface area contributed by atoms with E-state index in [9.17, 15) is 9.18 Å². The molecule has 18 heavy (non-hydrogen) atoms. The molecule has 0 spiro atoms. The van der Waals surface area contributed by atoms with E-state index in [1.165, 1.54) is 30.2 Å². The zero-order valence-corrected chi connectivity index (χ0v) is 10.8. The Morgan fingerprint density at radius 3 is 2.72 bits per heavy atom. The number of quaternary nitrogens is 1. The second kappa shape index (κ2) is 5.96. The molecule has 2 rings (SSSR count). The number of hydrogen-bond acceptors (Lipinski definition) is 1. The van der Waals surface area contributed by atoms with Crippen molar-refractivity contribution in [3.63, 3.8) is 0 Å². The largest absolute Gasteiger partial charge is 0.327 e. The molecule has 1 fully saturated rings. The molecule has 1 saturated heterocycles. The van der Waals surface area contributed by atoms with Gasteiger partial charge in [0.25, 0.3) is 5.91 Å². The van der Waals surface area contributed by atoms with Crippen molar-refractivity contribution >= 4 is 11.6 Å². The lowest BCUT2D eigenvalue weighted by Gasteiger charge is -2.22. The molecule has 98 valence electrons. The van der Waals surface area contributed by atoms with E-state index >= 15 is 0 Å². The van der Waals surface area contributed by atoms with E-state index < -0.39 is 0 Å². The number of carbonyl (C=O) groups excluding carboxylic acids is 1. The molecular formula is C14H20FN2O+. The number of rotatable bonds is 3. The normalized spacial score (nSPS) is 16.6. The fourth-order valence-electron chi connectivity index (χ4n) is 2.33. The Morgan fingerprint density at radius 2 is 2.06 bits per heavy atom. The summed E-state index contributed by atoms with van der Waals surface area (Å²) < 4.78 is 13.3. The van der Waals surface area contributed by atoms with Crippen LogP contribution in [-0.2, 0) is 4.79 Å². The van der Waals surface area contributed by atoms with Crippen molar-refractivity contribution < 1.29 is 14.1 Å². The van der Waals surface area contributed by atoms with Crippen molar-refractivity contribution in [2.45, 2.75) is 26.2 Å². The number of aryl methyl sites for hydroxylation is 1. The van der Waals surface area contributed by atoms with Crippen LogP contribution in [0.2, 0.25) is 0 Å². The molecule has 0 unspecified atom stereocenters. The SMILES string of the molecule is Cc1ccc(NC(=O)C[NH+]2CCCCC2)cc1F. The minimum absolute atomic E-state index is 0.0323. The Morgan fingerprint density at radius 1 is 1.33 bits per heavy atom. The summed E-state index contributed by atoms with van der Waals surface area (Å²) in [6.07, 6.45) is 3.66. The quantitative estimate of drug-likeness (QED) is 0.830. The van der Waals surface area contributed by atoms with E-state index in [0.717, 1.165) is 13.1 Å². The molecule has 1 aromatic rings. The fraction of sp³-hybridized carbons (Fsp3) is 0.500. The fourth-order valence-corrected chi connectivity index (χ4v) is 2.33. The lowest BCUT2D eigenvalue weighted by molar-refractivity contribution is -0.896. The third-order valence-electron chi connectivity index (χ3n) is 3.43. The summed E-state index contributed by atoms with van der Waals surface area (Å²) in [6.45, 7) is 4.32. The third kappa shape index (κ3) is 3.53. The first-order chi connectivity index (χ1) is 8.65. The first-order valence-electron chi connectivity index (χ1n) is 6.55. The Hall–Kier alpha value is -1.42. The van der Waals surface area contributed by atoms with E-state index in [0.29, 0.717) is 17.8 Å². The highest BCUT2D eigenvalue weighted by Crippen LogP contribution is 2.13. The number of benzene rings is 1. The molecule has 4 heteroatoms. The number of piperidine rings is 1. The Bertz CT molecular complexity index is 428. The molecule has 1 amide bonds. The average molecular weight is 251 g/mol. The van der Waals surface area contributed by atoms with Gasteiger partial charge < -0.3 is 10.2 Å². The highest BCUT2D eigenvalue weighted by Gasteiger charge is 2.17. The number of nitrogens with one attached hydrogen (secondary N) is 2. The monoisotopic (exact) mass is 251 g/mol. The molecule has 0 saturated carbocycles. The van der Waals surface area contributed by atoms with Crippen molar-refractivity contribution in [2.24, 2.45) is 0 Å². The Balaban J connectivity index is 1.88. The Labute approximate surface area is 107 Å². The summed E-state index contributed by atoms with van der Waals surface area (Å²) in [7, 11) is 0. The molecule has 1 aromatic carbocycles. The summed E-state index contributed by atoms with van der Waals surface area (Å²) in [4.78, 5) is 13.1. The van der Waals surface area contributed by atoms with Gasteiger partial charge in [-0.05, 0) is 43.9 Å². The zero-order valence-electron chi connectivity index (χ0n) is 10.8. The van der Waals surface area contributed by atoms with Crippen molar-refractivity contribution in [3.8, 4) is 0 Å². The van der Waals surface area contributed by atoms with E-state index in [2.05, 4.69) is 5.32 Å². The van der Waals surface area contributed by atoms with Crippen LogP contribution in [0, 0.1) is 12.7 Å². The predicted octanol–water partition coefficient (Wildman–Crippen LogP) is 1.14. The number of amides is 1. The lowest BCUT2D eigenvalue weighted by Crippen LogP contribution is -3.13. The number of carbonyl (C=O) groups is 1. The number of anilines is 1. The molecule has 0 aromatic heterocycles. The number of likely N-dealkylation sites (tertiary alicyclic amines) is 1. The summed E-state index contributed by atoms with van der Waals surface area (Å²) in [5, 5.41) is 2.76. The topological polar surface area (TPSA) is 33.5 Å². The van der Waals surface area contributed by atoms with Crippen LogP contribution in [0.3, 0.4) is 0 Å². The zero-order chi connectivity index (χ0) is 13.0. The second-order valence-corrected chi connectivity index (χ2v) is 5.00.